The van der Waals surface area contributed by atoms with Crippen molar-refractivity contribution in [3.05, 3.63) is 56.6 Å². The number of carbonyl (C=O) groups excluding carboxylic acids is 1. The Hall–Kier alpha value is -4.06. The summed E-state index contributed by atoms with van der Waals surface area (Å²) >= 11 is 0. The van der Waals surface area contributed by atoms with Gasteiger partial charge in [0.25, 0.3) is 5.56 Å². The van der Waals surface area contributed by atoms with E-state index in [1.165, 1.54) is 4.57 Å². The molecule has 1 aromatic carbocycles. The van der Waals surface area contributed by atoms with Gasteiger partial charge in [-0.1, -0.05) is 18.2 Å². The maximum Gasteiger partial charge on any atom is 0.333 e. The van der Waals surface area contributed by atoms with Crippen LogP contribution in [0.2, 0.25) is 0 Å². The first-order chi connectivity index (χ1) is 18.7. The van der Waals surface area contributed by atoms with Gasteiger partial charge in [-0.15, -0.1) is 0 Å². The van der Waals surface area contributed by atoms with Gasteiger partial charge in [-0.25, -0.2) is 14.8 Å². The lowest BCUT2D eigenvalue weighted by Crippen LogP contribution is -2.44. The number of carbonyl (C=O) groups is 1. The Kier molecular flexibility index (Phi) is 7.21. The normalized spacial score (nSPS) is 15.9. The summed E-state index contributed by atoms with van der Waals surface area (Å²) in [4.78, 5) is 56.4. The van der Waals surface area contributed by atoms with Gasteiger partial charge in [-0.2, -0.15) is 4.98 Å². The highest BCUT2D eigenvalue weighted by molar-refractivity contribution is 5.80. The third-order valence-electron chi connectivity index (χ3n) is 6.95. The third kappa shape index (κ3) is 5.03. The van der Waals surface area contributed by atoms with Crippen molar-refractivity contribution in [2.45, 2.75) is 72.3 Å². The Labute approximate surface area is 225 Å². The minimum Gasteiger partial charge on any atom is -0.462 e. The molecule has 4 aromatic rings. The van der Waals surface area contributed by atoms with E-state index in [1.807, 2.05) is 43.0 Å². The average molecular weight is 535 g/mol. The minimum absolute atomic E-state index is 0.0166. The quantitative estimate of drug-likeness (QED) is 0.349. The van der Waals surface area contributed by atoms with Crippen LogP contribution in [0.4, 0.5) is 5.95 Å². The third-order valence-corrected chi connectivity index (χ3v) is 6.95. The van der Waals surface area contributed by atoms with Crippen LogP contribution < -0.4 is 21.9 Å². The second-order valence-corrected chi connectivity index (χ2v) is 10.2. The molecule has 1 fully saturated rings. The molecule has 4 heterocycles. The average Bonchev–Trinajstić information content (AvgIpc) is 3.28. The fourth-order valence-electron chi connectivity index (χ4n) is 5.23. The number of benzene rings is 1. The van der Waals surface area contributed by atoms with Crippen molar-refractivity contribution in [3.63, 3.8) is 0 Å². The van der Waals surface area contributed by atoms with E-state index in [4.69, 9.17) is 15.5 Å². The number of aromatic nitrogens is 6. The Bertz CT molecular complexity index is 1670. The number of hydrogen-bond donors (Lipinski definition) is 1. The number of imidazole rings is 1. The highest BCUT2D eigenvalue weighted by Crippen LogP contribution is 2.23. The van der Waals surface area contributed by atoms with Crippen LogP contribution in [0.15, 0.2) is 33.9 Å². The first-order valence-electron chi connectivity index (χ1n) is 13.3. The number of esters is 1. The molecule has 0 radical (unpaired) electrons. The van der Waals surface area contributed by atoms with Crippen LogP contribution in [-0.4, -0.2) is 59.9 Å². The summed E-state index contributed by atoms with van der Waals surface area (Å²) in [5.74, 6) is 0.288. The van der Waals surface area contributed by atoms with Gasteiger partial charge in [0.2, 0.25) is 5.95 Å². The number of nitrogens with zero attached hydrogens (tertiary/aromatic N) is 7. The topological polar surface area (TPSA) is 143 Å². The number of fused-ring (bicyclic) bond motifs is 2. The second-order valence-electron chi connectivity index (χ2n) is 10.2. The van der Waals surface area contributed by atoms with E-state index in [9.17, 15) is 14.4 Å². The van der Waals surface area contributed by atoms with Crippen LogP contribution >= 0.6 is 0 Å². The summed E-state index contributed by atoms with van der Waals surface area (Å²) < 4.78 is 9.42. The van der Waals surface area contributed by atoms with Gasteiger partial charge >= 0.3 is 11.7 Å². The van der Waals surface area contributed by atoms with Crippen LogP contribution in [0.5, 0.6) is 0 Å². The lowest BCUT2D eigenvalue weighted by Gasteiger charge is -2.31. The molecule has 2 N–H and O–H groups in total. The number of ether oxygens (including phenoxy) is 1. The van der Waals surface area contributed by atoms with E-state index in [1.54, 1.807) is 18.4 Å². The monoisotopic (exact) mass is 534 g/mol. The molecule has 1 aliphatic rings. The molecule has 0 aliphatic carbocycles. The summed E-state index contributed by atoms with van der Waals surface area (Å²) in [5, 5.41) is 0.895. The molecule has 1 aliphatic heterocycles. The SMILES string of the molecule is CCn1c(N2CCCC(N)C2)nc2c1c(=O)n(Cc1nc(C)c3ccccc3n1)c(=O)n2CC(=O)OC(C)C. The molecule has 39 heavy (non-hydrogen) atoms. The predicted octanol–water partition coefficient (Wildman–Crippen LogP) is 1.56. The summed E-state index contributed by atoms with van der Waals surface area (Å²) in [7, 11) is 0. The zero-order valence-electron chi connectivity index (χ0n) is 22.8. The molecule has 1 atom stereocenters. The number of anilines is 1. The van der Waals surface area contributed by atoms with Crippen molar-refractivity contribution in [1.29, 1.82) is 0 Å². The maximum atomic E-state index is 13.9. The lowest BCUT2D eigenvalue weighted by molar-refractivity contribution is -0.148. The van der Waals surface area contributed by atoms with Crippen LogP contribution in [0.3, 0.4) is 0 Å². The van der Waals surface area contributed by atoms with Crippen LogP contribution in [-0.2, 0) is 29.2 Å². The molecular formula is C27H34N8O4. The molecule has 12 nitrogen and oxygen atoms in total. The molecule has 12 heteroatoms. The molecule has 1 saturated heterocycles. The Morgan fingerprint density at radius 3 is 2.62 bits per heavy atom. The zero-order chi connectivity index (χ0) is 27.8. The summed E-state index contributed by atoms with van der Waals surface area (Å²) in [6.07, 6.45) is 1.44. The number of rotatable bonds is 7. The van der Waals surface area contributed by atoms with Gasteiger partial charge in [0.05, 0.1) is 18.2 Å². The minimum atomic E-state index is -0.676. The number of aryl methyl sites for hydroxylation is 2. The van der Waals surface area contributed by atoms with Gasteiger partial charge in [0, 0.05) is 36.8 Å². The fourth-order valence-corrected chi connectivity index (χ4v) is 5.23. The van der Waals surface area contributed by atoms with Crippen molar-refractivity contribution in [2.75, 3.05) is 18.0 Å². The van der Waals surface area contributed by atoms with Crippen molar-refractivity contribution < 1.29 is 9.53 Å². The van der Waals surface area contributed by atoms with E-state index in [0.717, 1.165) is 40.6 Å². The lowest BCUT2D eigenvalue weighted by atomic mass is 10.1. The predicted molar refractivity (Wildman–Crippen MR) is 148 cm³/mol. The Morgan fingerprint density at radius 1 is 1.13 bits per heavy atom. The molecule has 0 saturated carbocycles. The molecule has 5 rings (SSSR count). The van der Waals surface area contributed by atoms with Crippen LogP contribution in [0.1, 0.15) is 45.1 Å². The highest BCUT2D eigenvalue weighted by atomic mass is 16.5. The van der Waals surface area contributed by atoms with Gasteiger partial charge in [0.15, 0.2) is 11.2 Å². The molecule has 0 amide bonds. The van der Waals surface area contributed by atoms with Gasteiger partial charge in [0.1, 0.15) is 12.4 Å². The van der Waals surface area contributed by atoms with E-state index in [0.29, 0.717) is 24.9 Å². The number of para-hydroxylation sites is 1. The summed E-state index contributed by atoms with van der Waals surface area (Å²) in [5.41, 5.74) is 6.89. The largest absolute Gasteiger partial charge is 0.462 e. The van der Waals surface area contributed by atoms with E-state index < -0.39 is 17.2 Å². The number of piperidine rings is 1. The molecule has 0 spiro atoms. The van der Waals surface area contributed by atoms with Crippen molar-refractivity contribution in [2.24, 2.45) is 5.73 Å². The van der Waals surface area contributed by atoms with Crippen molar-refractivity contribution in [3.8, 4) is 0 Å². The molecule has 1 unspecified atom stereocenters. The number of nitrogens with two attached hydrogens (primary N) is 1. The summed E-state index contributed by atoms with van der Waals surface area (Å²) in [6.45, 7) is 8.46. The standard InChI is InChI=1S/C27H34N8O4/c1-5-33-23-24(31-26(33)32-12-8-9-18(28)13-32)34(15-22(36)39-16(2)3)27(38)35(25(23)37)14-21-29-17(4)19-10-6-7-11-20(19)30-21/h6-7,10-11,16,18H,5,8-9,12-15,28H2,1-4H3. The van der Waals surface area contributed by atoms with E-state index in [2.05, 4.69) is 9.97 Å². The van der Waals surface area contributed by atoms with Crippen molar-refractivity contribution >= 4 is 34.0 Å². The second kappa shape index (κ2) is 10.6. The summed E-state index contributed by atoms with van der Waals surface area (Å²) in [6, 6.07) is 7.55. The number of hydrogen-bond acceptors (Lipinski definition) is 9. The van der Waals surface area contributed by atoms with Crippen molar-refractivity contribution in [1.82, 2.24) is 28.7 Å². The fraction of sp³-hybridized carbons (Fsp3) is 0.481. The molecule has 0 bridgehead atoms. The first-order valence-corrected chi connectivity index (χ1v) is 13.3. The zero-order valence-corrected chi connectivity index (χ0v) is 22.8. The highest BCUT2D eigenvalue weighted by Gasteiger charge is 2.27. The van der Waals surface area contributed by atoms with Gasteiger partial charge in [-0.3, -0.25) is 18.7 Å². The van der Waals surface area contributed by atoms with E-state index in [-0.39, 0.29) is 36.4 Å². The molecule has 3 aromatic heterocycles. The smallest absolute Gasteiger partial charge is 0.333 e. The Balaban J connectivity index is 1.71. The Morgan fingerprint density at radius 2 is 1.90 bits per heavy atom. The maximum absolute atomic E-state index is 13.9. The van der Waals surface area contributed by atoms with Gasteiger partial charge < -0.3 is 19.9 Å². The first kappa shape index (κ1) is 26.5. The van der Waals surface area contributed by atoms with E-state index >= 15 is 0 Å². The molecule has 206 valence electrons. The van der Waals surface area contributed by atoms with Crippen LogP contribution in [0.25, 0.3) is 22.1 Å². The van der Waals surface area contributed by atoms with Gasteiger partial charge in [-0.05, 0) is 46.6 Å². The molecular weight excluding hydrogens is 500 g/mol. The van der Waals surface area contributed by atoms with Crippen LogP contribution in [0, 0.1) is 6.92 Å².